The van der Waals surface area contributed by atoms with Crippen LogP contribution in [-0.4, -0.2) is 15.7 Å². The molecule has 0 saturated carbocycles. The Kier molecular flexibility index (Phi) is 4.46. The molecule has 4 nitrogen and oxygen atoms in total. The summed E-state index contributed by atoms with van der Waals surface area (Å²) >= 11 is 13.8. The number of thioether (sulfide) groups is 1. The van der Waals surface area contributed by atoms with Gasteiger partial charge in [-0.2, -0.15) is 16.9 Å². The molecule has 2 aromatic carbocycles. The van der Waals surface area contributed by atoms with Crippen LogP contribution in [0.25, 0.3) is 5.69 Å². The number of carbonyl (C=O) groups excluding carboxylic acids is 1. The van der Waals surface area contributed by atoms with Crippen molar-refractivity contribution in [3.05, 3.63) is 75.4 Å². The maximum Gasteiger partial charge on any atom is 0.256 e. The first-order valence-corrected chi connectivity index (χ1v) is 9.54. The van der Waals surface area contributed by atoms with E-state index in [0.717, 1.165) is 28.5 Å². The molecule has 7 heteroatoms. The summed E-state index contributed by atoms with van der Waals surface area (Å²) in [6.45, 7) is 0. The molecule has 1 aliphatic rings. The maximum absolute atomic E-state index is 12.7. The third kappa shape index (κ3) is 3.27. The predicted octanol–water partition coefficient (Wildman–Crippen LogP) is 5.18. The lowest BCUT2D eigenvalue weighted by Gasteiger charge is -2.11. The van der Waals surface area contributed by atoms with Gasteiger partial charge in [-0.25, -0.2) is 4.68 Å². The van der Waals surface area contributed by atoms with Gasteiger partial charge in [-0.05, 0) is 42.5 Å². The normalized spacial score (nSPS) is 12.9. The van der Waals surface area contributed by atoms with Gasteiger partial charge in [0.05, 0.1) is 11.4 Å². The van der Waals surface area contributed by atoms with Gasteiger partial charge in [-0.1, -0.05) is 29.3 Å². The van der Waals surface area contributed by atoms with Crippen LogP contribution < -0.4 is 5.32 Å². The minimum atomic E-state index is -0.211. The van der Waals surface area contributed by atoms with Crippen LogP contribution in [0.1, 0.15) is 21.6 Å². The third-order valence-corrected chi connectivity index (χ3v) is 5.40. The van der Waals surface area contributed by atoms with Gasteiger partial charge in [0.25, 0.3) is 5.91 Å². The maximum atomic E-state index is 12.7. The van der Waals surface area contributed by atoms with Crippen LogP contribution in [-0.2, 0) is 11.5 Å². The number of benzene rings is 2. The fourth-order valence-corrected chi connectivity index (χ4v) is 4.07. The fraction of sp³-hybridized carbons (Fsp3) is 0.111. The molecule has 0 radical (unpaired) electrons. The highest BCUT2D eigenvalue weighted by atomic mass is 35.5. The second-order valence-corrected chi connectivity index (χ2v) is 7.48. The summed E-state index contributed by atoms with van der Waals surface area (Å²) in [4.78, 5) is 12.7. The van der Waals surface area contributed by atoms with Crippen LogP contribution in [0.3, 0.4) is 0 Å². The monoisotopic (exact) mass is 389 g/mol. The van der Waals surface area contributed by atoms with Crippen LogP contribution in [0.5, 0.6) is 0 Å². The zero-order valence-electron chi connectivity index (χ0n) is 13.0. The molecule has 2 heterocycles. The molecular formula is C18H13Cl2N3OS. The van der Waals surface area contributed by atoms with Crippen molar-refractivity contribution in [3.63, 3.8) is 0 Å². The summed E-state index contributed by atoms with van der Waals surface area (Å²) in [5.41, 5.74) is 3.43. The fourth-order valence-electron chi connectivity index (χ4n) is 2.72. The van der Waals surface area contributed by atoms with E-state index in [9.17, 15) is 4.79 Å². The van der Waals surface area contributed by atoms with E-state index in [2.05, 4.69) is 10.4 Å². The van der Waals surface area contributed by atoms with Crippen molar-refractivity contribution in [3.8, 4) is 5.69 Å². The number of halogens is 2. The molecule has 0 spiro atoms. The molecule has 0 aliphatic carbocycles. The first kappa shape index (κ1) is 16.5. The van der Waals surface area contributed by atoms with Crippen molar-refractivity contribution in [1.82, 2.24) is 9.78 Å². The Balaban J connectivity index is 1.73. The van der Waals surface area contributed by atoms with Gasteiger partial charge in [0.2, 0.25) is 0 Å². The van der Waals surface area contributed by atoms with Gasteiger partial charge >= 0.3 is 0 Å². The van der Waals surface area contributed by atoms with Gasteiger partial charge in [-0.3, -0.25) is 4.79 Å². The van der Waals surface area contributed by atoms with Crippen LogP contribution in [0.4, 0.5) is 5.82 Å². The minimum Gasteiger partial charge on any atom is -0.306 e. The van der Waals surface area contributed by atoms with Crippen LogP contribution in [0.15, 0.2) is 48.5 Å². The number of hydrogen-bond donors (Lipinski definition) is 1. The quantitative estimate of drug-likeness (QED) is 0.671. The number of fused-ring (bicyclic) bond motifs is 1. The van der Waals surface area contributed by atoms with Crippen LogP contribution in [0, 0.1) is 0 Å². The number of amides is 1. The molecule has 1 aromatic heterocycles. The van der Waals surface area contributed by atoms with Crippen molar-refractivity contribution in [2.75, 3.05) is 5.32 Å². The molecule has 0 bridgehead atoms. The van der Waals surface area contributed by atoms with Crippen molar-refractivity contribution in [1.29, 1.82) is 0 Å². The zero-order valence-corrected chi connectivity index (χ0v) is 15.3. The van der Waals surface area contributed by atoms with E-state index in [-0.39, 0.29) is 5.91 Å². The molecule has 1 aliphatic heterocycles. The second kappa shape index (κ2) is 6.75. The van der Waals surface area contributed by atoms with Gasteiger partial charge in [-0.15, -0.1) is 0 Å². The van der Waals surface area contributed by atoms with Crippen LogP contribution >= 0.6 is 35.0 Å². The summed E-state index contributed by atoms with van der Waals surface area (Å²) in [5.74, 6) is 2.16. The molecule has 4 rings (SSSR count). The third-order valence-electron chi connectivity index (χ3n) is 3.94. The molecule has 1 amide bonds. The van der Waals surface area contributed by atoms with Crippen molar-refractivity contribution in [2.24, 2.45) is 0 Å². The lowest BCUT2D eigenvalue weighted by atomic mass is 10.2. The first-order chi connectivity index (χ1) is 12.1. The number of hydrogen-bond acceptors (Lipinski definition) is 3. The van der Waals surface area contributed by atoms with E-state index in [1.54, 1.807) is 52.8 Å². The molecule has 0 fully saturated rings. The number of carbonyl (C=O) groups is 1. The van der Waals surface area contributed by atoms with E-state index >= 15 is 0 Å². The highest BCUT2D eigenvalue weighted by Crippen LogP contribution is 2.36. The van der Waals surface area contributed by atoms with Gasteiger partial charge in [0.15, 0.2) is 0 Å². The Morgan fingerprint density at radius 3 is 2.64 bits per heavy atom. The average molecular weight is 390 g/mol. The van der Waals surface area contributed by atoms with Gasteiger partial charge < -0.3 is 5.32 Å². The Bertz CT molecular complexity index is 953. The van der Waals surface area contributed by atoms with Crippen molar-refractivity contribution in [2.45, 2.75) is 11.5 Å². The Morgan fingerprint density at radius 2 is 1.88 bits per heavy atom. The van der Waals surface area contributed by atoms with Crippen LogP contribution in [0.2, 0.25) is 10.0 Å². The summed E-state index contributed by atoms with van der Waals surface area (Å²) in [6, 6.07) is 14.3. The van der Waals surface area contributed by atoms with E-state index in [4.69, 9.17) is 23.2 Å². The number of aromatic nitrogens is 2. The Labute approximate surface area is 159 Å². The predicted molar refractivity (Wildman–Crippen MR) is 103 cm³/mol. The zero-order chi connectivity index (χ0) is 17.4. The summed E-state index contributed by atoms with van der Waals surface area (Å²) < 4.78 is 1.77. The number of rotatable bonds is 3. The molecule has 25 heavy (non-hydrogen) atoms. The van der Waals surface area contributed by atoms with Gasteiger partial charge in [0.1, 0.15) is 5.82 Å². The molecule has 1 N–H and O–H groups in total. The van der Waals surface area contributed by atoms with Crippen molar-refractivity contribution >= 4 is 46.7 Å². The number of nitrogens with zero attached hydrogens (tertiary/aromatic N) is 2. The summed E-state index contributed by atoms with van der Waals surface area (Å²) in [6.07, 6.45) is 0. The molecule has 0 atom stereocenters. The topological polar surface area (TPSA) is 46.9 Å². The molecule has 0 unspecified atom stereocenters. The van der Waals surface area contributed by atoms with E-state index in [0.29, 0.717) is 21.4 Å². The average Bonchev–Trinajstić information content (AvgIpc) is 3.18. The standard InChI is InChI=1S/C18H13Cl2N3OS/c19-12-4-6-14(7-5-12)23-17(15-9-25-10-16(15)22-23)21-18(24)11-2-1-3-13(20)8-11/h1-8H,9-10H2,(H,21,24). The molecule has 3 aromatic rings. The van der Waals surface area contributed by atoms with E-state index in [1.807, 2.05) is 12.1 Å². The first-order valence-electron chi connectivity index (χ1n) is 7.63. The lowest BCUT2D eigenvalue weighted by molar-refractivity contribution is 0.102. The highest BCUT2D eigenvalue weighted by molar-refractivity contribution is 7.98. The second-order valence-electron chi connectivity index (χ2n) is 5.62. The Hall–Kier alpha value is -1.95. The SMILES string of the molecule is O=C(Nc1c2c(nn1-c1ccc(Cl)cc1)CSC2)c1cccc(Cl)c1. The van der Waals surface area contributed by atoms with Crippen molar-refractivity contribution < 1.29 is 4.79 Å². The minimum absolute atomic E-state index is 0.211. The molecular weight excluding hydrogens is 377 g/mol. The Morgan fingerprint density at radius 1 is 1.08 bits per heavy atom. The lowest BCUT2D eigenvalue weighted by Crippen LogP contribution is -2.16. The van der Waals surface area contributed by atoms with E-state index in [1.165, 1.54) is 0 Å². The van der Waals surface area contributed by atoms with Gasteiger partial charge in [0, 0.05) is 32.7 Å². The number of anilines is 1. The highest BCUT2D eigenvalue weighted by Gasteiger charge is 2.25. The number of nitrogens with one attached hydrogen (secondary N) is 1. The summed E-state index contributed by atoms with van der Waals surface area (Å²) in [5, 5.41) is 8.85. The van der Waals surface area contributed by atoms with E-state index < -0.39 is 0 Å². The summed E-state index contributed by atoms with van der Waals surface area (Å²) in [7, 11) is 0. The smallest absolute Gasteiger partial charge is 0.256 e. The molecule has 126 valence electrons. The largest absolute Gasteiger partial charge is 0.306 e. The molecule has 0 saturated heterocycles.